The van der Waals surface area contributed by atoms with Gasteiger partial charge in [-0.25, -0.2) is 4.39 Å². The van der Waals surface area contributed by atoms with Crippen molar-refractivity contribution in [3.63, 3.8) is 0 Å². The zero-order valence-corrected chi connectivity index (χ0v) is 18.1. The van der Waals surface area contributed by atoms with Crippen LogP contribution in [-0.2, 0) is 17.9 Å². The molecule has 0 spiro atoms. The SMILES string of the molecule is O=C1C2=C(CCN(Cc3cccc(Br)c3)C2)N2CCN=C2N1Cc1ccccc1F. The lowest BCUT2D eigenvalue weighted by Crippen LogP contribution is -2.53. The number of hydrogen-bond acceptors (Lipinski definition) is 4. The lowest BCUT2D eigenvalue weighted by atomic mass is 10.00. The van der Waals surface area contributed by atoms with Crippen LogP contribution in [0.4, 0.5) is 4.39 Å². The zero-order chi connectivity index (χ0) is 20.7. The molecule has 5 nitrogen and oxygen atoms in total. The second-order valence-corrected chi connectivity index (χ2v) is 8.75. The summed E-state index contributed by atoms with van der Waals surface area (Å²) in [6.45, 7) is 3.92. The van der Waals surface area contributed by atoms with Crippen molar-refractivity contribution in [2.75, 3.05) is 26.2 Å². The summed E-state index contributed by atoms with van der Waals surface area (Å²) in [5.41, 5.74) is 3.62. The van der Waals surface area contributed by atoms with Crippen molar-refractivity contribution in [3.05, 3.63) is 81.2 Å². The maximum absolute atomic E-state index is 14.3. The van der Waals surface area contributed by atoms with Gasteiger partial charge in [-0.1, -0.05) is 46.3 Å². The largest absolute Gasteiger partial charge is 0.314 e. The Hall–Kier alpha value is -2.51. The average Bonchev–Trinajstić information content (AvgIpc) is 3.22. The van der Waals surface area contributed by atoms with Crippen molar-refractivity contribution in [1.29, 1.82) is 0 Å². The molecule has 0 aliphatic carbocycles. The number of benzene rings is 2. The van der Waals surface area contributed by atoms with Crippen LogP contribution in [-0.4, -0.2) is 52.7 Å². The van der Waals surface area contributed by atoms with Crippen molar-refractivity contribution in [3.8, 4) is 0 Å². The third-order valence-corrected chi connectivity index (χ3v) is 6.36. The summed E-state index contributed by atoms with van der Waals surface area (Å²) in [6, 6.07) is 14.9. The van der Waals surface area contributed by atoms with Crippen molar-refractivity contribution < 1.29 is 9.18 Å². The summed E-state index contributed by atoms with van der Waals surface area (Å²) < 4.78 is 15.3. The summed E-state index contributed by atoms with van der Waals surface area (Å²) in [5, 5.41) is 0. The minimum absolute atomic E-state index is 0.0518. The molecule has 0 atom stereocenters. The average molecular weight is 469 g/mol. The Morgan fingerprint density at radius 2 is 1.93 bits per heavy atom. The molecule has 3 heterocycles. The number of guanidine groups is 1. The Balaban J connectivity index is 1.41. The van der Waals surface area contributed by atoms with E-state index in [1.54, 1.807) is 23.1 Å². The van der Waals surface area contributed by atoms with Gasteiger partial charge in [0.25, 0.3) is 5.91 Å². The first-order valence-electron chi connectivity index (χ1n) is 10.2. The van der Waals surface area contributed by atoms with Gasteiger partial charge in [0.05, 0.1) is 18.7 Å². The van der Waals surface area contributed by atoms with Gasteiger partial charge in [0, 0.05) is 48.3 Å². The molecule has 3 aliphatic rings. The normalized spacial score (nSPS) is 19.1. The molecule has 5 rings (SSSR count). The number of fused-ring (bicyclic) bond motifs is 2. The van der Waals surface area contributed by atoms with Gasteiger partial charge in [-0.15, -0.1) is 0 Å². The van der Waals surface area contributed by atoms with E-state index in [9.17, 15) is 9.18 Å². The summed E-state index contributed by atoms with van der Waals surface area (Å²) in [5.74, 6) is 0.321. The van der Waals surface area contributed by atoms with E-state index in [-0.39, 0.29) is 18.3 Å². The van der Waals surface area contributed by atoms with Crippen LogP contribution in [0.3, 0.4) is 0 Å². The van der Waals surface area contributed by atoms with E-state index >= 15 is 0 Å². The van der Waals surface area contributed by atoms with E-state index in [1.807, 2.05) is 12.1 Å². The van der Waals surface area contributed by atoms with E-state index in [4.69, 9.17) is 0 Å². The Kier molecular flexibility index (Phi) is 5.16. The molecule has 7 heteroatoms. The number of aliphatic imine (C=N–C) groups is 1. The van der Waals surface area contributed by atoms with Crippen LogP contribution in [0.5, 0.6) is 0 Å². The number of carbonyl (C=O) groups excluding carboxylic acids is 1. The van der Waals surface area contributed by atoms with Gasteiger partial charge in [0.1, 0.15) is 5.82 Å². The molecule has 0 unspecified atom stereocenters. The standard InChI is InChI=1S/C23H22BrFN4O/c24-18-6-3-4-16(12-18)13-27-10-8-21-19(15-27)22(30)29(23-26-9-11-28(21)23)14-17-5-1-2-7-20(17)25/h1-7,12H,8-11,13-15H2. The molecule has 0 saturated heterocycles. The maximum Gasteiger partial charge on any atom is 0.259 e. The lowest BCUT2D eigenvalue weighted by Gasteiger charge is -2.42. The van der Waals surface area contributed by atoms with E-state index < -0.39 is 0 Å². The monoisotopic (exact) mass is 468 g/mol. The van der Waals surface area contributed by atoms with Crippen molar-refractivity contribution in [1.82, 2.24) is 14.7 Å². The smallest absolute Gasteiger partial charge is 0.259 e. The molecule has 3 aliphatic heterocycles. The number of halogens is 2. The van der Waals surface area contributed by atoms with Crippen LogP contribution in [0.1, 0.15) is 17.5 Å². The van der Waals surface area contributed by atoms with Gasteiger partial charge >= 0.3 is 0 Å². The van der Waals surface area contributed by atoms with Crippen LogP contribution in [0.2, 0.25) is 0 Å². The van der Waals surface area contributed by atoms with Crippen LogP contribution in [0.15, 0.2) is 69.3 Å². The van der Waals surface area contributed by atoms with Gasteiger partial charge in [0.2, 0.25) is 5.96 Å². The van der Waals surface area contributed by atoms with Gasteiger partial charge < -0.3 is 4.90 Å². The number of rotatable bonds is 4. The summed E-state index contributed by atoms with van der Waals surface area (Å²) >= 11 is 3.53. The van der Waals surface area contributed by atoms with Crippen LogP contribution < -0.4 is 0 Å². The second-order valence-electron chi connectivity index (χ2n) is 7.83. The Morgan fingerprint density at radius 3 is 2.77 bits per heavy atom. The topological polar surface area (TPSA) is 39.2 Å². The highest BCUT2D eigenvalue weighted by Gasteiger charge is 2.41. The molecule has 2 aromatic rings. The van der Waals surface area contributed by atoms with Gasteiger partial charge in [0.15, 0.2) is 0 Å². The quantitative estimate of drug-likeness (QED) is 0.685. The van der Waals surface area contributed by atoms with Crippen molar-refractivity contribution in [2.24, 2.45) is 4.99 Å². The zero-order valence-electron chi connectivity index (χ0n) is 16.5. The van der Waals surface area contributed by atoms with E-state index in [0.717, 1.165) is 41.8 Å². The fourth-order valence-electron chi connectivity index (χ4n) is 4.44. The fraction of sp³-hybridized carbons (Fsp3) is 0.304. The summed E-state index contributed by atoms with van der Waals surface area (Å²) in [6.07, 6.45) is 0.821. The number of nitrogens with zero attached hydrogens (tertiary/aromatic N) is 4. The van der Waals surface area contributed by atoms with E-state index in [0.29, 0.717) is 24.6 Å². The molecule has 1 amide bonds. The van der Waals surface area contributed by atoms with Crippen LogP contribution in [0.25, 0.3) is 0 Å². The fourth-order valence-corrected chi connectivity index (χ4v) is 4.89. The van der Waals surface area contributed by atoms with Crippen molar-refractivity contribution in [2.45, 2.75) is 19.5 Å². The predicted molar refractivity (Wildman–Crippen MR) is 117 cm³/mol. The van der Waals surface area contributed by atoms with Gasteiger partial charge in [-0.3, -0.25) is 19.6 Å². The Bertz CT molecular complexity index is 1070. The Morgan fingerprint density at radius 1 is 1.07 bits per heavy atom. The lowest BCUT2D eigenvalue weighted by molar-refractivity contribution is -0.125. The second kappa shape index (κ2) is 7.96. The first kappa shape index (κ1) is 19.5. The van der Waals surface area contributed by atoms with Crippen LogP contribution in [0, 0.1) is 5.82 Å². The van der Waals surface area contributed by atoms with E-state index in [1.165, 1.54) is 11.6 Å². The highest BCUT2D eigenvalue weighted by Crippen LogP contribution is 2.32. The number of amides is 1. The minimum atomic E-state index is -0.296. The number of carbonyl (C=O) groups is 1. The molecular formula is C23H22BrFN4O. The molecule has 0 saturated carbocycles. The van der Waals surface area contributed by atoms with Crippen molar-refractivity contribution >= 4 is 27.8 Å². The molecule has 0 fully saturated rings. The van der Waals surface area contributed by atoms with E-state index in [2.05, 4.69) is 42.9 Å². The van der Waals surface area contributed by atoms with Crippen LogP contribution >= 0.6 is 15.9 Å². The Labute approximate surface area is 183 Å². The molecule has 0 radical (unpaired) electrons. The maximum atomic E-state index is 14.3. The molecule has 0 aromatic heterocycles. The first-order chi connectivity index (χ1) is 14.6. The molecule has 0 bridgehead atoms. The first-order valence-corrected chi connectivity index (χ1v) is 11.0. The molecule has 154 valence electrons. The third kappa shape index (κ3) is 3.56. The molecule has 2 aromatic carbocycles. The summed E-state index contributed by atoms with van der Waals surface area (Å²) in [7, 11) is 0. The molecule has 30 heavy (non-hydrogen) atoms. The van der Waals surface area contributed by atoms with Gasteiger partial charge in [-0.05, 0) is 23.8 Å². The van der Waals surface area contributed by atoms with Gasteiger partial charge in [-0.2, -0.15) is 0 Å². The minimum Gasteiger partial charge on any atom is -0.314 e. The predicted octanol–water partition coefficient (Wildman–Crippen LogP) is 3.76. The highest BCUT2D eigenvalue weighted by atomic mass is 79.9. The number of hydrogen-bond donors (Lipinski definition) is 0. The molecule has 0 N–H and O–H groups in total. The highest BCUT2D eigenvalue weighted by molar-refractivity contribution is 9.10. The molecular weight excluding hydrogens is 447 g/mol. The summed E-state index contributed by atoms with van der Waals surface area (Å²) in [4.78, 5) is 24.2. The third-order valence-electron chi connectivity index (χ3n) is 5.87.